The molecule has 3 rings (SSSR count). The summed E-state index contributed by atoms with van der Waals surface area (Å²) in [5, 5.41) is 0. The molecule has 0 amide bonds. The van der Waals surface area contributed by atoms with E-state index < -0.39 is 5.60 Å². The molecule has 0 saturated carbocycles. The highest BCUT2D eigenvalue weighted by atomic mass is 16.6. The van der Waals surface area contributed by atoms with E-state index in [4.69, 9.17) is 14.2 Å². The van der Waals surface area contributed by atoms with Gasteiger partial charge in [0, 0.05) is 12.0 Å². The summed E-state index contributed by atoms with van der Waals surface area (Å²) in [5.74, 6) is 1.38. The predicted octanol–water partition coefficient (Wildman–Crippen LogP) is 4.45. The van der Waals surface area contributed by atoms with E-state index in [2.05, 4.69) is 19.1 Å². The van der Waals surface area contributed by atoms with E-state index in [1.165, 1.54) is 7.11 Å². The van der Waals surface area contributed by atoms with Crippen LogP contribution in [0.25, 0.3) is 0 Å². The fourth-order valence-corrected chi connectivity index (χ4v) is 3.54. The third-order valence-electron chi connectivity index (χ3n) is 5.33. The minimum Gasteiger partial charge on any atom is -0.488 e. The van der Waals surface area contributed by atoms with Gasteiger partial charge in [-0.25, -0.2) is 4.79 Å². The zero-order valence-corrected chi connectivity index (χ0v) is 16.1. The maximum Gasteiger partial charge on any atom is 0.349 e. The van der Waals surface area contributed by atoms with Gasteiger partial charge in [0.15, 0.2) is 0 Å². The molecule has 4 heteroatoms. The van der Waals surface area contributed by atoms with Crippen LogP contribution in [0.5, 0.6) is 11.5 Å². The van der Waals surface area contributed by atoms with Crippen molar-refractivity contribution in [2.75, 3.05) is 7.11 Å². The van der Waals surface area contributed by atoms with Crippen molar-refractivity contribution in [3.8, 4) is 11.5 Å². The van der Waals surface area contributed by atoms with E-state index in [-0.39, 0.29) is 5.97 Å². The molecule has 1 unspecified atom stereocenters. The van der Waals surface area contributed by atoms with Crippen molar-refractivity contribution in [2.24, 2.45) is 0 Å². The second kappa shape index (κ2) is 7.02. The van der Waals surface area contributed by atoms with Crippen molar-refractivity contribution >= 4 is 5.97 Å². The molecule has 0 aliphatic carbocycles. The van der Waals surface area contributed by atoms with E-state index in [0.29, 0.717) is 13.0 Å². The smallest absolute Gasteiger partial charge is 0.349 e. The number of benzene rings is 2. The number of rotatable bonds is 4. The quantitative estimate of drug-likeness (QED) is 0.761. The van der Waals surface area contributed by atoms with Gasteiger partial charge in [-0.2, -0.15) is 0 Å². The van der Waals surface area contributed by atoms with Crippen molar-refractivity contribution < 1.29 is 19.0 Å². The number of hydrogen-bond acceptors (Lipinski definition) is 4. The minimum absolute atomic E-state index is 0.331. The molecule has 26 heavy (non-hydrogen) atoms. The van der Waals surface area contributed by atoms with Crippen LogP contribution in [0, 0.1) is 20.8 Å². The van der Waals surface area contributed by atoms with E-state index in [1.54, 1.807) is 6.92 Å². The number of esters is 1. The Bertz CT molecular complexity index is 826. The van der Waals surface area contributed by atoms with Crippen molar-refractivity contribution in [2.45, 2.75) is 52.7 Å². The Morgan fingerprint density at radius 3 is 2.46 bits per heavy atom. The second-order valence-corrected chi connectivity index (χ2v) is 7.11. The highest BCUT2D eigenvalue weighted by Gasteiger charge is 2.41. The lowest BCUT2D eigenvalue weighted by Crippen LogP contribution is -2.45. The van der Waals surface area contributed by atoms with Gasteiger partial charge in [-0.1, -0.05) is 30.3 Å². The molecule has 1 heterocycles. The van der Waals surface area contributed by atoms with Gasteiger partial charge < -0.3 is 14.2 Å². The first-order valence-corrected chi connectivity index (χ1v) is 8.94. The number of carbonyl (C=O) groups excluding carboxylic acids is 1. The predicted molar refractivity (Wildman–Crippen MR) is 101 cm³/mol. The van der Waals surface area contributed by atoms with Crippen molar-refractivity contribution in [3.05, 3.63) is 58.1 Å². The van der Waals surface area contributed by atoms with Crippen LogP contribution in [0.3, 0.4) is 0 Å². The lowest BCUT2D eigenvalue weighted by atomic mass is 9.87. The van der Waals surface area contributed by atoms with Gasteiger partial charge >= 0.3 is 5.97 Å². The van der Waals surface area contributed by atoms with E-state index in [9.17, 15) is 4.79 Å². The van der Waals surface area contributed by atoms with Crippen LogP contribution in [-0.2, 0) is 22.6 Å². The zero-order chi connectivity index (χ0) is 18.9. The Morgan fingerprint density at radius 1 is 1.12 bits per heavy atom. The highest BCUT2D eigenvalue weighted by Crippen LogP contribution is 2.44. The van der Waals surface area contributed by atoms with Gasteiger partial charge in [0.25, 0.3) is 0 Å². The van der Waals surface area contributed by atoms with E-state index in [1.807, 2.05) is 32.0 Å². The fraction of sp³-hybridized carbons (Fsp3) is 0.409. The molecule has 2 aromatic carbocycles. The van der Waals surface area contributed by atoms with Gasteiger partial charge in [-0.05, 0) is 56.4 Å². The molecule has 0 fully saturated rings. The maximum atomic E-state index is 12.1. The lowest BCUT2D eigenvalue weighted by molar-refractivity contribution is -0.159. The Morgan fingerprint density at radius 2 is 1.81 bits per heavy atom. The molecular weight excluding hydrogens is 328 g/mol. The fourth-order valence-electron chi connectivity index (χ4n) is 3.54. The van der Waals surface area contributed by atoms with Crippen LogP contribution in [0.2, 0.25) is 0 Å². The highest BCUT2D eigenvalue weighted by molar-refractivity contribution is 5.80. The first-order valence-electron chi connectivity index (χ1n) is 8.94. The summed E-state index contributed by atoms with van der Waals surface area (Å²) in [6.45, 7) is 8.45. The molecule has 0 N–H and O–H groups in total. The number of hydrogen-bond donors (Lipinski definition) is 0. The molecule has 0 saturated heterocycles. The van der Waals surface area contributed by atoms with Gasteiger partial charge in [-0.15, -0.1) is 0 Å². The van der Waals surface area contributed by atoms with Crippen molar-refractivity contribution in [1.82, 2.24) is 0 Å². The summed E-state index contributed by atoms with van der Waals surface area (Å²) in [6, 6.07) is 10.1. The topological polar surface area (TPSA) is 44.8 Å². The Hall–Kier alpha value is -2.49. The SMILES string of the molecule is COC(=O)C1(C)CCc2c(C)c(OCc3ccccc3)c(C)c(C)c2O1. The van der Waals surface area contributed by atoms with Crippen molar-refractivity contribution in [1.29, 1.82) is 0 Å². The molecule has 4 nitrogen and oxygen atoms in total. The monoisotopic (exact) mass is 354 g/mol. The lowest BCUT2D eigenvalue weighted by Gasteiger charge is -2.36. The number of methoxy groups -OCH3 is 1. The first-order chi connectivity index (χ1) is 12.4. The zero-order valence-electron chi connectivity index (χ0n) is 16.1. The molecule has 1 aliphatic rings. The molecule has 0 radical (unpaired) electrons. The third-order valence-corrected chi connectivity index (χ3v) is 5.33. The third kappa shape index (κ3) is 3.16. The summed E-state index contributed by atoms with van der Waals surface area (Å²) in [7, 11) is 1.40. The van der Waals surface area contributed by atoms with Gasteiger partial charge in [0.1, 0.15) is 18.1 Å². The average molecular weight is 354 g/mol. The summed E-state index contributed by atoms with van der Waals surface area (Å²) in [6.07, 6.45) is 1.35. The second-order valence-electron chi connectivity index (χ2n) is 7.11. The van der Waals surface area contributed by atoms with Crippen LogP contribution in [0.1, 0.15) is 41.2 Å². The molecule has 0 aromatic heterocycles. The Kier molecular flexibility index (Phi) is 4.94. The number of fused-ring (bicyclic) bond motifs is 1. The molecule has 1 atom stereocenters. The Balaban J connectivity index is 1.94. The van der Waals surface area contributed by atoms with Gasteiger partial charge in [-0.3, -0.25) is 0 Å². The van der Waals surface area contributed by atoms with E-state index >= 15 is 0 Å². The largest absolute Gasteiger partial charge is 0.488 e. The summed E-state index contributed by atoms with van der Waals surface area (Å²) in [5.41, 5.74) is 4.48. The van der Waals surface area contributed by atoms with Crippen LogP contribution >= 0.6 is 0 Å². The Labute approximate surface area is 155 Å². The molecular formula is C22H26O4. The van der Waals surface area contributed by atoms with Gasteiger partial charge in [0.2, 0.25) is 5.60 Å². The standard InChI is InChI=1S/C22H26O4/c1-14-15(2)20-18(11-12-22(4,26-20)21(23)24-5)16(3)19(14)25-13-17-9-7-6-8-10-17/h6-10H,11-13H2,1-5H3. The van der Waals surface area contributed by atoms with Crippen LogP contribution < -0.4 is 9.47 Å². The summed E-state index contributed by atoms with van der Waals surface area (Å²) >= 11 is 0. The summed E-state index contributed by atoms with van der Waals surface area (Å²) < 4.78 is 17.3. The average Bonchev–Trinajstić information content (AvgIpc) is 2.66. The molecule has 138 valence electrons. The molecule has 1 aliphatic heterocycles. The summed E-state index contributed by atoms with van der Waals surface area (Å²) in [4.78, 5) is 12.1. The van der Waals surface area contributed by atoms with Crippen LogP contribution in [0.15, 0.2) is 30.3 Å². The van der Waals surface area contributed by atoms with Crippen LogP contribution in [0.4, 0.5) is 0 Å². The minimum atomic E-state index is -0.933. The number of carbonyl (C=O) groups is 1. The first kappa shape index (κ1) is 18.3. The maximum absolute atomic E-state index is 12.1. The van der Waals surface area contributed by atoms with E-state index in [0.717, 1.165) is 45.7 Å². The van der Waals surface area contributed by atoms with Crippen LogP contribution in [-0.4, -0.2) is 18.7 Å². The van der Waals surface area contributed by atoms with Crippen molar-refractivity contribution in [3.63, 3.8) is 0 Å². The molecule has 0 bridgehead atoms. The number of ether oxygens (including phenoxy) is 3. The molecule has 0 spiro atoms. The normalized spacial score (nSPS) is 18.7. The van der Waals surface area contributed by atoms with Gasteiger partial charge in [0.05, 0.1) is 7.11 Å². The molecule has 2 aromatic rings.